The standard InChI is InChI=1S/C25H26N4O2/c1-4-27-17-26-23-21(19-11-7-6-8-12-19)15-28(24(23)25(27)31)16-22(30)29(5-2)20-13-9-10-18(3)14-20/h6-15,17H,4-5,16H2,1-3H3. The lowest BCUT2D eigenvalue weighted by Gasteiger charge is -2.22. The predicted octanol–water partition coefficient (Wildman–Crippen LogP) is 4.25. The van der Waals surface area contributed by atoms with Crippen LogP contribution in [-0.2, 0) is 17.9 Å². The monoisotopic (exact) mass is 414 g/mol. The second kappa shape index (κ2) is 8.60. The molecule has 0 atom stereocenters. The van der Waals surface area contributed by atoms with Crippen molar-refractivity contribution in [2.24, 2.45) is 0 Å². The summed E-state index contributed by atoms with van der Waals surface area (Å²) < 4.78 is 3.32. The number of amides is 1. The zero-order chi connectivity index (χ0) is 22.0. The number of fused-ring (bicyclic) bond motifs is 1. The van der Waals surface area contributed by atoms with E-state index in [0.717, 1.165) is 22.4 Å². The van der Waals surface area contributed by atoms with Gasteiger partial charge in [0.2, 0.25) is 5.91 Å². The predicted molar refractivity (Wildman–Crippen MR) is 124 cm³/mol. The average Bonchev–Trinajstić information content (AvgIpc) is 3.14. The molecule has 4 aromatic rings. The summed E-state index contributed by atoms with van der Waals surface area (Å²) in [5, 5.41) is 0. The van der Waals surface area contributed by atoms with Gasteiger partial charge in [-0.15, -0.1) is 0 Å². The first-order chi connectivity index (χ1) is 15.0. The van der Waals surface area contributed by atoms with E-state index in [1.807, 2.05) is 81.6 Å². The van der Waals surface area contributed by atoms with Crippen LogP contribution in [0.2, 0.25) is 0 Å². The molecule has 0 bridgehead atoms. The molecule has 31 heavy (non-hydrogen) atoms. The van der Waals surface area contributed by atoms with E-state index in [9.17, 15) is 9.59 Å². The highest BCUT2D eigenvalue weighted by molar-refractivity contribution is 5.96. The van der Waals surface area contributed by atoms with Crippen molar-refractivity contribution in [3.05, 3.63) is 83.0 Å². The normalized spacial score (nSPS) is 11.1. The Morgan fingerprint density at radius 1 is 1.03 bits per heavy atom. The molecule has 0 saturated carbocycles. The largest absolute Gasteiger partial charge is 0.332 e. The summed E-state index contributed by atoms with van der Waals surface area (Å²) in [4.78, 5) is 32.7. The molecule has 1 amide bonds. The molecule has 2 aromatic heterocycles. The van der Waals surface area contributed by atoms with Crippen LogP contribution in [0.25, 0.3) is 22.2 Å². The molecule has 2 aromatic carbocycles. The molecule has 0 fully saturated rings. The van der Waals surface area contributed by atoms with Crippen molar-refractivity contribution in [3.63, 3.8) is 0 Å². The van der Waals surface area contributed by atoms with Gasteiger partial charge in [-0.2, -0.15) is 0 Å². The summed E-state index contributed by atoms with van der Waals surface area (Å²) in [5.74, 6) is -0.0732. The SMILES string of the molecule is CCN(C(=O)Cn1cc(-c2ccccc2)c2ncn(CC)c(=O)c21)c1cccc(C)c1. The maximum Gasteiger partial charge on any atom is 0.277 e. The fraction of sp³-hybridized carbons (Fsp3) is 0.240. The number of hydrogen-bond donors (Lipinski definition) is 0. The fourth-order valence-electron chi connectivity index (χ4n) is 3.92. The van der Waals surface area contributed by atoms with Gasteiger partial charge in [0.25, 0.3) is 5.56 Å². The van der Waals surface area contributed by atoms with Gasteiger partial charge in [0.1, 0.15) is 17.6 Å². The van der Waals surface area contributed by atoms with Crippen LogP contribution in [-0.4, -0.2) is 26.6 Å². The molecule has 0 aliphatic rings. The fourth-order valence-corrected chi connectivity index (χ4v) is 3.92. The van der Waals surface area contributed by atoms with E-state index < -0.39 is 0 Å². The second-order valence-corrected chi connectivity index (χ2v) is 7.55. The highest BCUT2D eigenvalue weighted by atomic mass is 16.2. The number of carbonyl (C=O) groups excluding carboxylic acids is 1. The van der Waals surface area contributed by atoms with Crippen molar-refractivity contribution >= 4 is 22.6 Å². The first-order valence-corrected chi connectivity index (χ1v) is 10.5. The summed E-state index contributed by atoms with van der Waals surface area (Å²) in [6, 6.07) is 17.7. The van der Waals surface area contributed by atoms with E-state index in [0.29, 0.717) is 24.1 Å². The van der Waals surface area contributed by atoms with Crippen molar-refractivity contribution in [1.82, 2.24) is 14.1 Å². The Morgan fingerprint density at radius 2 is 1.81 bits per heavy atom. The minimum Gasteiger partial charge on any atom is -0.332 e. The molecule has 0 spiro atoms. The minimum atomic E-state index is -0.138. The van der Waals surface area contributed by atoms with Crippen LogP contribution in [0.15, 0.2) is 71.9 Å². The first-order valence-electron chi connectivity index (χ1n) is 10.5. The van der Waals surface area contributed by atoms with E-state index in [2.05, 4.69) is 4.98 Å². The Balaban J connectivity index is 1.81. The molecule has 6 nitrogen and oxygen atoms in total. The second-order valence-electron chi connectivity index (χ2n) is 7.55. The molecule has 0 unspecified atom stereocenters. The van der Waals surface area contributed by atoms with Gasteiger partial charge < -0.3 is 9.47 Å². The molecule has 4 rings (SSSR count). The number of aryl methyl sites for hydroxylation is 2. The third-order valence-electron chi connectivity index (χ3n) is 5.50. The maximum atomic E-state index is 13.3. The number of aromatic nitrogens is 3. The third-order valence-corrected chi connectivity index (χ3v) is 5.50. The van der Waals surface area contributed by atoms with Gasteiger partial charge in [-0.1, -0.05) is 42.5 Å². The van der Waals surface area contributed by atoms with Gasteiger partial charge in [-0.3, -0.25) is 14.2 Å². The third kappa shape index (κ3) is 3.89. The zero-order valence-corrected chi connectivity index (χ0v) is 18.1. The number of anilines is 1. The van der Waals surface area contributed by atoms with Gasteiger partial charge >= 0.3 is 0 Å². The van der Waals surface area contributed by atoms with Crippen molar-refractivity contribution in [2.75, 3.05) is 11.4 Å². The summed E-state index contributed by atoms with van der Waals surface area (Å²) in [5.41, 5.74) is 4.70. The topological polar surface area (TPSA) is 60.1 Å². The molecule has 2 heterocycles. The van der Waals surface area contributed by atoms with Crippen molar-refractivity contribution in [1.29, 1.82) is 0 Å². The molecule has 0 N–H and O–H groups in total. The van der Waals surface area contributed by atoms with Crippen LogP contribution in [0.1, 0.15) is 19.4 Å². The van der Waals surface area contributed by atoms with Gasteiger partial charge in [-0.05, 0) is 44.0 Å². The number of nitrogens with zero attached hydrogens (tertiary/aromatic N) is 4. The van der Waals surface area contributed by atoms with E-state index in [4.69, 9.17) is 0 Å². The minimum absolute atomic E-state index is 0.0652. The number of hydrogen-bond acceptors (Lipinski definition) is 3. The molecule has 0 radical (unpaired) electrons. The van der Waals surface area contributed by atoms with Crippen molar-refractivity contribution in [2.45, 2.75) is 33.9 Å². The Morgan fingerprint density at radius 3 is 2.48 bits per heavy atom. The van der Waals surface area contributed by atoms with E-state index in [1.165, 1.54) is 0 Å². The number of rotatable bonds is 6. The summed E-state index contributed by atoms with van der Waals surface area (Å²) in [7, 11) is 0. The number of likely N-dealkylation sites (N-methyl/N-ethyl adjacent to an activating group) is 1. The van der Waals surface area contributed by atoms with Gasteiger partial charge in [0.05, 0.1) is 6.33 Å². The molecule has 158 valence electrons. The van der Waals surface area contributed by atoms with Crippen LogP contribution >= 0.6 is 0 Å². The quantitative estimate of drug-likeness (QED) is 0.474. The summed E-state index contributed by atoms with van der Waals surface area (Å²) >= 11 is 0. The van der Waals surface area contributed by atoms with Crippen LogP contribution in [0.5, 0.6) is 0 Å². The Labute approximate surface area is 181 Å². The molecule has 6 heteroatoms. The van der Waals surface area contributed by atoms with Crippen LogP contribution in [0.4, 0.5) is 5.69 Å². The lowest BCUT2D eigenvalue weighted by molar-refractivity contribution is -0.119. The Kier molecular flexibility index (Phi) is 5.71. The number of benzene rings is 2. The Hall–Kier alpha value is -3.67. The molecule has 0 aliphatic heterocycles. The molecular formula is C25H26N4O2. The van der Waals surface area contributed by atoms with Gasteiger partial charge in [-0.25, -0.2) is 4.98 Å². The zero-order valence-electron chi connectivity index (χ0n) is 18.1. The molecule has 0 aliphatic carbocycles. The van der Waals surface area contributed by atoms with Gasteiger partial charge in [0, 0.05) is 30.5 Å². The lowest BCUT2D eigenvalue weighted by atomic mass is 10.1. The highest BCUT2D eigenvalue weighted by Gasteiger charge is 2.20. The molecule has 0 saturated heterocycles. The van der Waals surface area contributed by atoms with Crippen LogP contribution < -0.4 is 10.5 Å². The number of carbonyl (C=O) groups is 1. The lowest BCUT2D eigenvalue weighted by Crippen LogP contribution is -2.34. The van der Waals surface area contributed by atoms with Crippen molar-refractivity contribution < 1.29 is 4.79 Å². The smallest absolute Gasteiger partial charge is 0.277 e. The van der Waals surface area contributed by atoms with Crippen molar-refractivity contribution in [3.8, 4) is 11.1 Å². The molecular weight excluding hydrogens is 388 g/mol. The summed E-state index contributed by atoms with van der Waals surface area (Å²) in [6.07, 6.45) is 3.45. The summed E-state index contributed by atoms with van der Waals surface area (Å²) in [6.45, 7) is 7.00. The Bertz CT molecular complexity index is 1290. The van der Waals surface area contributed by atoms with Crippen LogP contribution in [0.3, 0.4) is 0 Å². The van der Waals surface area contributed by atoms with E-state index >= 15 is 0 Å². The van der Waals surface area contributed by atoms with E-state index in [-0.39, 0.29) is 18.0 Å². The van der Waals surface area contributed by atoms with E-state index in [1.54, 1.807) is 20.4 Å². The van der Waals surface area contributed by atoms with Gasteiger partial charge in [0.15, 0.2) is 0 Å². The average molecular weight is 415 g/mol. The highest BCUT2D eigenvalue weighted by Crippen LogP contribution is 2.28. The first kappa shape index (κ1) is 20.6. The van der Waals surface area contributed by atoms with Crippen LogP contribution in [0, 0.1) is 6.92 Å². The maximum absolute atomic E-state index is 13.3.